The summed E-state index contributed by atoms with van der Waals surface area (Å²) >= 11 is 0. The Morgan fingerprint density at radius 3 is 2.56 bits per heavy atom. The van der Waals surface area contributed by atoms with E-state index in [1.807, 2.05) is 0 Å². The van der Waals surface area contributed by atoms with E-state index in [0.717, 1.165) is 18.2 Å². The number of sulfonamides is 1. The highest BCUT2D eigenvalue weighted by Gasteiger charge is 2.24. The maximum Gasteiger partial charge on any atom is 0.231 e. The third-order valence-corrected chi connectivity index (χ3v) is 5.91. The summed E-state index contributed by atoms with van der Waals surface area (Å²) in [5.74, 6) is 1.11. The molecule has 1 aromatic carbocycles. The van der Waals surface area contributed by atoms with Crippen LogP contribution < -0.4 is 9.47 Å². The summed E-state index contributed by atoms with van der Waals surface area (Å²) in [4.78, 5) is 26.4. The first kappa shape index (κ1) is 19.4. The summed E-state index contributed by atoms with van der Waals surface area (Å²) in [6.45, 7) is 2.35. The number of carbonyl (C=O) groups is 2. The molecule has 0 aromatic heterocycles. The molecule has 0 unspecified atom stereocenters. The molecule has 3 rings (SSSR count). The minimum absolute atomic E-state index is 0.0959. The molecule has 0 aliphatic carbocycles. The van der Waals surface area contributed by atoms with E-state index in [4.69, 9.17) is 9.47 Å². The van der Waals surface area contributed by atoms with Crippen LogP contribution in [-0.4, -0.2) is 80.6 Å². The van der Waals surface area contributed by atoms with Crippen molar-refractivity contribution in [3.8, 4) is 11.5 Å². The van der Waals surface area contributed by atoms with Gasteiger partial charge in [-0.1, -0.05) is 6.07 Å². The largest absolute Gasteiger partial charge is 0.454 e. The van der Waals surface area contributed by atoms with Gasteiger partial charge in [0.1, 0.15) is 0 Å². The van der Waals surface area contributed by atoms with Crippen LogP contribution in [0.1, 0.15) is 12.0 Å². The first-order chi connectivity index (χ1) is 12.9. The van der Waals surface area contributed by atoms with Crippen molar-refractivity contribution in [2.75, 3.05) is 45.8 Å². The van der Waals surface area contributed by atoms with E-state index >= 15 is 0 Å². The number of nitrogens with zero attached hydrogens (tertiary/aromatic N) is 3. The Bertz CT molecular complexity index is 805. The molecule has 1 aromatic rings. The predicted octanol–water partition coefficient (Wildman–Crippen LogP) is -0.132. The van der Waals surface area contributed by atoms with Crippen molar-refractivity contribution < 1.29 is 27.5 Å². The Morgan fingerprint density at radius 2 is 1.89 bits per heavy atom. The van der Waals surface area contributed by atoms with Gasteiger partial charge in [0.2, 0.25) is 29.1 Å². The predicted molar refractivity (Wildman–Crippen MR) is 96.7 cm³/mol. The van der Waals surface area contributed by atoms with Crippen LogP contribution in [0.3, 0.4) is 0 Å². The molecular formula is C17H23N3O6S. The Labute approximate surface area is 158 Å². The lowest BCUT2D eigenvalue weighted by molar-refractivity contribution is -0.135. The number of fused-ring (bicyclic) bond motifs is 1. The maximum absolute atomic E-state index is 12.4. The summed E-state index contributed by atoms with van der Waals surface area (Å²) in [6.07, 6.45) is 2.00. The van der Waals surface area contributed by atoms with E-state index in [2.05, 4.69) is 0 Å². The van der Waals surface area contributed by atoms with Crippen LogP contribution in [0.2, 0.25) is 0 Å². The fourth-order valence-electron chi connectivity index (χ4n) is 3.06. The molecule has 2 amide bonds. The summed E-state index contributed by atoms with van der Waals surface area (Å²) in [5.41, 5.74) is 0.761. The number of hydrogen-bond acceptors (Lipinski definition) is 6. The number of hydrogen-bond donors (Lipinski definition) is 0. The molecule has 148 valence electrons. The molecule has 27 heavy (non-hydrogen) atoms. The topological polar surface area (TPSA) is 96.5 Å². The highest BCUT2D eigenvalue weighted by Crippen LogP contribution is 2.33. The highest BCUT2D eigenvalue weighted by atomic mass is 32.2. The zero-order valence-electron chi connectivity index (χ0n) is 15.2. The van der Waals surface area contributed by atoms with Crippen LogP contribution in [0.4, 0.5) is 0 Å². The molecule has 10 heteroatoms. The van der Waals surface area contributed by atoms with Crippen molar-refractivity contribution >= 4 is 22.3 Å². The van der Waals surface area contributed by atoms with E-state index in [1.54, 1.807) is 28.0 Å². The highest BCUT2D eigenvalue weighted by molar-refractivity contribution is 7.88. The molecule has 2 heterocycles. The van der Waals surface area contributed by atoms with Gasteiger partial charge in [0.25, 0.3) is 0 Å². The van der Waals surface area contributed by atoms with Crippen LogP contribution in [0.5, 0.6) is 11.5 Å². The number of piperazine rings is 1. The molecule has 0 atom stereocenters. The third kappa shape index (κ3) is 4.89. The number of amides is 2. The summed E-state index contributed by atoms with van der Waals surface area (Å²) < 4.78 is 36.1. The first-order valence-electron chi connectivity index (χ1n) is 8.67. The average Bonchev–Trinajstić information content (AvgIpc) is 3.11. The Morgan fingerprint density at radius 1 is 1.19 bits per heavy atom. The number of ether oxygens (including phenoxy) is 2. The van der Waals surface area contributed by atoms with Crippen LogP contribution in [0.25, 0.3) is 0 Å². The first-order valence-corrected chi connectivity index (χ1v) is 10.5. The molecule has 0 N–H and O–H groups in total. The van der Waals surface area contributed by atoms with E-state index < -0.39 is 10.0 Å². The van der Waals surface area contributed by atoms with Crippen molar-refractivity contribution in [2.45, 2.75) is 13.0 Å². The second kappa shape index (κ2) is 8.13. The lowest BCUT2D eigenvalue weighted by atomic mass is 10.2. The molecule has 0 saturated carbocycles. The Kier molecular flexibility index (Phi) is 5.85. The second-order valence-corrected chi connectivity index (χ2v) is 8.54. The monoisotopic (exact) mass is 397 g/mol. The molecule has 2 aliphatic heterocycles. The fourth-order valence-corrected chi connectivity index (χ4v) is 3.87. The quantitative estimate of drug-likeness (QED) is 0.595. The van der Waals surface area contributed by atoms with E-state index in [9.17, 15) is 18.0 Å². The number of carbonyl (C=O) groups excluding carboxylic acids is 2. The average molecular weight is 397 g/mol. The van der Waals surface area contributed by atoms with Gasteiger partial charge < -0.3 is 19.3 Å². The molecule has 1 fully saturated rings. The standard InChI is InChI=1S/C17H23N3O6S/c1-27(23,24)20(11-14-2-3-15-16(10-14)26-13-25-15)5-4-17(22)19-8-6-18(12-21)7-9-19/h2-3,10,12H,4-9,11,13H2,1H3. The van der Waals surface area contributed by atoms with Crippen molar-refractivity contribution in [1.82, 2.24) is 14.1 Å². The SMILES string of the molecule is CS(=O)(=O)N(CCC(=O)N1CCN(C=O)CC1)Cc1ccc2c(c1)OCO2. The molecular weight excluding hydrogens is 374 g/mol. The second-order valence-electron chi connectivity index (χ2n) is 6.56. The molecule has 0 spiro atoms. The van der Waals surface area contributed by atoms with Gasteiger partial charge in [-0.15, -0.1) is 0 Å². The van der Waals surface area contributed by atoms with Crippen molar-refractivity contribution in [3.63, 3.8) is 0 Å². The van der Waals surface area contributed by atoms with Crippen LogP contribution >= 0.6 is 0 Å². The normalized spacial score (nSPS) is 16.7. The van der Waals surface area contributed by atoms with E-state index in [0.29, 0.717) is 37.7 Å². The zero-order valence-corrected chi connectivity index (χ0v) is 16.0. The zero-order chi connectivity index (χ0) is 19.4. The van der Waals surface area contributed by atoms with Crippen molar-refractivity contribution in [1.29, 1.82) is 0 Å². The van der Waals surface area contributed by atoms with Gasteiger partial charge in [-0.2, -0.15) is 4.31 Å². The van der Waals surface area contributed by atoms with Gasteiger partial charge in [0.15, 0.2) is 11.5 Å². The number of benzene rings is 1. The third-order valence-electron chi connectivity index (χ3n) is 4.66. The minimum atomic E-state index is -3.48. The lowest BCUT2D eigenvalue weighted by Crippen LogP contribution is -2.48. The van der Waals surface area contributed by atoms with Crippen molar-refractivity contribution in [3.05, 3.63) is 23.8 Å². The molecule has 1 saturated heterocycles. The van der Waals surface area contributed by atoms with Crippen molar-refractivity contribution in [2.24, 2.45) is 0 Å². The summed E-state index contributed by atoms with van der Waals surface area (Å²) in [7, 11) is -3.48. The smallest absolute Gasteiger partial charge is 0.231 e. The van der Waals surface area contributed by atoms with Crippen LogP contribution in [0, 0.1) is 0 Å². The Hall–Kier alpha value is -2.33. The summed E-state index contributed by atoms with van der Waals surface area (Å²) in [6, 6.07) is 5.28. The maximum atomic E-state index is 12.4. The minimum Gasteiger partial charge on any atom is -0.454 e. The van der Waals surface area contributed by atoms with Gasteiger partial charge in [0, 0.05) is 45.7 Å². The molecule has 9 nitrogen and oxygen atoms in total. The van der Waals surface area contributed by atoms with Gasteiger partial charge in [0.05, 0.1) is 6.26 Å². The molecule has 2 aliphatic rings. The van der Waals surface area contributed by atoms with E-state index in [-0.39, 0.29) is 32.2 Å². The van der Waals surface area contributed by atoms with Crippen LogP contribution in [0.15, 0.2) is 18.2 Å². The van der Waals surface area contributed by atoms with Gasteiger partial charge in [-0.25, -0.2) is 8.42 Å². The molecule has 0 bridgehead atoms. The molecule has 0 radical (unpaired) electrons. The Balaban J connectivity index is 1.59. The van der Waals surface area contributed by atoms with Gasteiger partial charge in [-0.3, -0.25) is 9.59 Å². The lowest BCUT2D eigenvalue weighted by Gasteiger charge is -2.33. The fraction of sp³-hybridized carbons (Fsp3) is 0.529. The van der Waals surface area contributed by atoms with E-state index in [1.165, 1.54) is 4.31 Å². The van der Waals surface area contributed by atoms with Gasteiger partial charge >= 0.3 is 0 Å². The summed E-state index contributed by atoms with van der Waals surface area (Å²) in [5, 5.41) is 0. The number of rotatable bonds is 7. The van der Waals surface area contributed by atoms with Crippen LogP contribution in [-0.2, 0) is 26.2 Å². The van der Waals surface area contributed by atoms with Gasteiger partial charge in [-0.05, 0) is 17.7 Å².